The molecule has 1 saturated carbocycles. The molecule has 0 radical (unpaired) electrons. The average Bonchev–Trinajstić information content (AvgIpc) is 3.40. The molecule has 0 unspecified atom stereocenters. The molecule has 4 fully saturated rings. The van der Waals surface area contributed by atoms with Gasteiger partial charge in [0.15, 0.2) is 0 Å². The van der Waals surface area contributed by atoms with Gasteiger partial charge in [-0.2, -0.15) is 0 Å². The van der Waals surface area contributed by atoms with Crippen LogP contribution >= 0.6 is 0 Å². The first-order valence-electron chi connectivity index (χ1n) is 12.0. The molecule has 1 amide bonds. The van der Waals surface area contributed by atoms with Crippen LogP contribution < -0.4 is 0 Å². The lowest BCUT2D eigenvalue weighted by atomic mass is 9.86. The molecule has 0 N–H and O–H groups in total. The van der Waals surface area contributed by atoms with E-state index in [0.29, 0.717) is 23.7 Å². The quantitative estimate of drug-likeness (QED) is 0.746. The molecule has 1 aromatic rings. The number of carbonyl (C=O) groups excluding carboxylic acids is 1. The van der Waals surface area contributed by atoms with E-state index in [1.54, 1.807) is 0 Å². The number of likely N-dealkylation sites (tertiary alicyclic amines) is 1. The van der Waals surface area contributed by atoms with E-state index in [-0.39, 0.29) is 5.92 Å². The van der Waals surface area contributed by atoms with Crippen molar-refractivity contribution in [3.8, 4) is 0 Å². The van der Waals surface area contributed by atoms with Crippen LogP contribution in [0.25, 0.3) is 0 Å². The second kappa shape index (κ2) is 9.37. The summed E-state index contributed by atoms with van der Waals surface area (Å²) in [7, 11) is 0. The second-order valence-corrected chi connectivity index (χ2v) is 9.68. The Kier molecular flexibility index (Phi) is 6.40. The van der Waals surface area contributed by atoms with Gasteiger partial charge in [0.1, 0.15) is 0 Å². The van der Waals surface area contributed by atoms with Gasteiger partial charge in [-0.3, -0.25) is 9.69 Å². The third-order valence-electron chi connectivity index (χ3n) is 7.97. The molecule has 0 bridgehead atoms. The highest BCUT2D eigenvalue weighted by Crippen LogP contribution is 2.47. The number of ether oxygens (including phenoxy) is 2. The van der Waals surface area contributed by atoms with Crippen molar-refractivity contribution in [3.05, 3.63) is 35.4 Å². The number of carbonyl (C=O) groups is 1. The van der Waals surface area contributed by atoms with Crippen molar-refractivity contribution in [2.24, 2.45) is 17.8 Å². The van der Waals surface area contributed by atoms with Gasteiger partial charge in [-0.05, 0) is 61.0 Å². The molecule has 5 heteroatoms. The average molecular weight is 413 g/mol. The van der Waals surface area contributed by atoms with Crippen LogP contribution in [-0.2, 0) is 20.7 Å². The van der Waals surface area contributed by atoms with Gasteiger partial charge in [0.2, 0.25) is 5.91 Å². The van der Waals surface area contributed by atoms with Crippen LogP contribution in [0.5, 0.6) is 0 Å². The molecular weight excluding hydrogens is 376 g/mol. The Labute approximate surface area is 180 Å². The molecule has 3 aliphatic heterocycles. The second-order valence-electron chi connectivity index (χ2n) is 9.68. The normalized spacial score (nSPS) is 30.5. The summed E-state index contributed by atoms with van der Waals surface area (Å²) in [6, 6.07) is 9.40. The molecule has 3 saturated heterocycles. The number of hydrogen-bond donors (Lipinski definition) is 0. The minimum Gasteiger partial charge on any atom is -0.381 e. The Morgan fingerprint density at radius 1 is 0.900 bits per heavy atom. The van der Waals surface area contributed by atoms with E-state index in [4.69, 9.17) is 9.47 Å². The lowest BCUT2D eigenvalue weighted by Gasteiger charge is -2.27. The van der Waals surface area contributed by atoms with Crippen molar-refractivity contribution in [3.63, 3.8) is 0 Å². The highest BCUT2D eigenvalue weighted by Gasteiger charge is 2.45. The molecule has 3 atom stereocenters. The lowest BCUT2D eigenvalue weighted by Crippen LogP contribution is -2.37. The zero-order valence-corrected chi connectivity index (χ0v) is 18.1. The van der Waals surface area contributed by atoms with E-state index >= 15 is 0 Å². The summed E-state index contributed by atoms with van der Waals surface area (Å²) in [6.45, 7) is 8.43. The lowest BCUT2D eigenvalue weighted by molar-refractivity contribution is -0.137. The molecule has 4 aliphatic rings. The summed E-state index contributed by atoms with van der Waals surface area (Å²) in [5, 5.41) is 0. The third kappa shape index (κ3) is 4.44. The maximum atomic E-state index is 13.0. The van der Waals surface area contributed by atoms with Crippen molar-refractivity contribution in [1.82, 2.24) is 9.80 Å². The molecule has 30 heavy (non-hydrogen) atoms. The largest absolute Gasteiger partial charge is 0.381 e. The maximum Gasteiger partial charge on any atom is 0.225 e. The number of amides is 1. The van der Waals surface area contributed by atoms with Crippen LogP contribution in [0.3, 0.4) is 0 Å². The summed E-state index contributed by atoms with van der Waals surface area (Å²) < 4.78 is 10.9. The summed E-state index contributed by atoms with van der Waals surface area (Å²) in [4.78, 5) is 17.7. The first kappa shape index (κ1) is 20.5. The molecule has 1 aliphatic carbocycles. The highest BCUT2D eigenvalue weighted by molar-refractivity contribution is 5.79. The Balaban J connectivity index is 1.16. The Morgan fingerprint density at radius 3 is 2.40 bits per heavy atom. The van der Waals surface area contributed by atoms with Gasteiger partial charge in [0.05, 0.1) is 13.2 Å². The molecule has 0 aromatic heterocycles. The van der Waals surface area contributed by atoms with Crippen molar-refractivity contribution in [1.29, 1.82) is 0 Å². The van der Waals surface area contributed by atoms with Crippen molar-refractivity contribution < 1.29 is 14.3 Å². The SMILES string of the molecule is O=C(C1CCOCC1)N1C[C@H]2CC[C@@H](c3ccc(CCN4CCOCC4)cc3)[C@H]2C1. The fraction of sp³-hybridized carbons (Fsp3) is 0.720. The number of hydrogen-bond acceptors (Lipinski definition) is 4. The fourth-order valence-corrected chi connectivity index (χ4v) is 6.11. The number of fused-ring (bicyclic) bond motifs is 1. The highest BCUT2D eigenvalue weighted by atomic mass is 16.5. The van der Waals surface area contributed by atoms with Crippen molar-refractivity contribution in [2.75, 3.05) is 59.2 Å². The van der Waals surface area contributed by atoms with Crippen LogP contribution in [-0.4, -0.2) is 74.9 Å². The molecule has 1 aromatic carbocycles. The molecule has 5 nitrogen and oxygen atoms in total. The van der Waals surface area contributed by atoms with Crippen molar-refractivity contribution >= 4 is 5.91 Å². The zero-order chi connectivity index (χ0) is 20.3. The van der Waals surface area contributed by atoms with Crippen LogP contribution in [0.1, 0.15) is 42.7 Å². The summed E-state index contributed by atoms with van der Waals surface area (Å²) in [6.07, 6.45) is 5.47. The van der Waals surface area contributed by atoms with Crippen LogP contribution in [0.4, 0.5) is 0 Å². The first-order chi connectivity index (χ1) is 14.8. The summed E-state index contributed by atoms with van der Waals surface area (Å²) in [5.41, 5.74) is 2.92. The standard InChI is InChI=1S/C25H36N2O3/c28-25(21-8-13-29-14-9-21)27-17-22-5-6-23(24(22)18-27)20-3-1-19(2-4-20)7-10-26-11-15-30-16-12-26/h1-4,21-24H,5-18H2/t22-,23+,24+/m1/s1. The summed E-state index contributed by atoms with van der Waals surface area (Å²) in [5.74, 6) is 2.55. The van der Waals surface area contributed by atoms with Crippen LogP contribution in [0.2, 0.25) is 0 Å². The van der Waals surface area contributed by atoms with E-state index in [1.807, 2.05) is 0 Å². The Hall–Kier alpha value is -1.43. The van der Waals surface area contributed by atoms with Gasteiger partial charge in [0, 0.05) is 51.9 Å². The zero-order valence-electron chi connectivity index (χ0n) is 18.1. The molecular formula is C25H36N2O3. The van der Waals surface area contributed by atoms with E-state index < -0.39 is 0 Å². The Bertz CT molecular complexity index is 710. The van der Waals surface area contributed by atoms with Gasteiger partial charge in [0.25, 0.3) is 0 Å². The van der Waals surface area contributed by atoms with Gasteiger partial charge in [-0.1, -0.05) is 24.3 Å². The molecule has 3 heterocycles. The molecule has 5 rings (SSSR count). The summed E-state index contributed by atoms with van der Waals surface area (Å²) >= 11 is 0. The number of rotatable bonds is 5. The number of nitrogens with zero attached hydrogens (tertiary/aromatic N) is 2. The van der Waals surface area contributed by atoms with Crippen LogP contribution in [0, 0.1) is 17.8 Å². The van der Waals surface area contributed by atoms with Crippen LogP contribution in [0.15, 0.2) is 24.3 Å². The van der Waals surface area contributed by atoms with E-state index in [2.05, 4.69) is 34.1 Å². The topological polar surface area (TPSA) is 42.0 Å². The monoisotopic (exact) mass is 412 g/mol. The number of morpholine rings is 1. The molecule has 0 spiro atoms. The first-order valence-corrected chi connectivity index (χ1v) is 12.0. The van der Waals surface area contributed by atoms with E-state index in [9.17, 15) is 4.79 Å². The number of benzene rings is 1. The predicted octanol–water partition coefficient (Wildman–Crippen LogP) is 2.94. The van der Waals surface area contributed by atoms with E-state index in [0.717, 1.165) is 78.4 Å². The van der Waals surface area contributed by atoms with Gasteiger partial charge < -0.3 is 14.4 Å². The van der Waals surface area contributed by atoms with Gasteiger partial charge in [-0.15, -0.1) is 0 Å². The molecule has 164 valence electrons. The smallest absolute Gasteiger partial charge is 0.225 e. The maximum absolute atomic E-state index is 13.0. The predicted molar refractivity (Wildman–Crippen MR) is 116 cm³/mol. The third-order valence-corrected chi connectivity index (χ3v) is 7.97. The fourth-order valence-electron chi connectivity index (χ4n) is 6.11. The van der Waals surface area contributed by atoms with Crippen molar-refractivity contribution in [2.45, 2.75) is 38.0 Å². The van der Waals surface area contributed by atoms with Gasteiger partial charge >= 0.3 is 0 Å². The minimum absolute atomic E-state index is 0.196. The van der Waals surface area contributed by atoms with E-state index in [1.165, 1.54) is 24.0 Å². The minimum atomic E-state index is 0.196. The Morgan fingerprint density at radius 2 is 1.63 bits per heavy atom. The van der Waals surface area contributed by atoms with Gasteiger partial charge in [-0.25, -0.2) is 0 Å².